The van der Waals surface area contributed by atoms with Gasteiger partial charge in [0.1, 0.15) is 0 Å². The van der Waals surface area contributed by atoms with Gasteiger partial charge in [-0.3, -0.25) is 0 Å². The number of hydrogen-bond donors (Lipinski definition) is 0. The Morgan fingerprint density at radius 3 is 2.00 bits per heavy atom. The predicted octanol–water partition coefficient (Wildman–Crippen LogP) is 7.87. The van der Waals surface area contributed by atoms with Crippen molar-refractivity contribution < 1.29 is 0 Å². The molecule has 0 radical (unpaired) electrons. The van der Waals surface area contributed by atoms with Gasteiger partial charge in [0.15, 0.2) is 0 Å². The zero-order valence-corrected chi connectivity index (χ0v) is 15.3. The third-order valence-corrected chi connectivity index (χ3v) is 5.07. The van der Waals surface area contributed by atoms with E-state index in [2.05, 4.69) is 6.08 Å². The van der Waals surface area contributed by atoms with Crippen molar-refractivity contribution >= 4 is 58.1 Å². The third-order valence-electron chi connectivity index (χ3n) is 4.07. The lowest BCUT2D eigenvalue weighted by molar-refractivity contribution is 1.64. The summed E-state index contributed by atoms with van der Waals surface area (Å²) >= 11 is 24.9. The molecule has 24 heavy (non-hydrogen) atoms. The van der Waals surface area contributed by atoms with E-state index in [0.717, 1.165) is 33.4 Å². The minimum Gasteiger partial charge on any atom is -0.0843 e. The van der Waals surface area contributed by atoms with Crippen LogP contribution in [0.5, 0.6) is 0 Å². The summed E-state index contributed by atoms with van der Waals surface area (Å²) in [4.78, 5) is 0. The molecule has 0 aliphatic heterocycles. The van der Waals surface area contributed by atoms with Crippen molar-refractivity contribution in [2.75, 3.05) is 0 Å². The molecule has 0 spiro atoms. The van der Waals surface area contributed by atoms with E-state index in [9.17, 15) is 0 Å². The molecule has 0 unspecified atom stereocenters. The molecule has 0 saturated heterocycles. The molecule has 0 bridgehead atoms. The first-order valence-electron chi connectivity index (χ1n) is 7.30. The summed E-state index contributed by atoms with van der Waals surface area (Å²) in [5.41, 5.74) is 6.22. The largest absolute Gasteiger partial charge is 0.0843 e. The van der Waals surface area contributed by atoms with Crippen LogP contribution in [0.4, 0.5) is 0 Å². The molecule has 0 nitrogen and oxygen atoms in total. The van der Waals surface area contributed by atoms with Gasteiger partial charge in [-0.05, 0) is 70.3 Å². The number of halogens is 4. The second-order valence-corrected chi connectivity index (χ2v) is 7.33. The van der Waals surface area contributed by atoms with Crippen molar-refractivity contribution in [1.29, 1.82) is 0 Å². The van der Waals surface area contributed by atoms with E-state index >= 15 is 0 Å². The van der Waals surface area contributed by atoms with Crippen LogP contribution in [0.3, 0.4) is 0 Å². The van der Waals surface area contributed by atoms with Gasteiger partial charge in [0, 0.05) is 20.6 Å². The summed E-state index contributed by atoms with van der Waals surface area (Å²) < 4.78 is 0. The Labute approximate surface area is 160 Å². The van der Waals surface area contributed by atoms with Crippen LogP contribution in [0.15, 0.2) is 54.6 Å². The third kappa shape index (κ3) is 2.74. The first-order chi connectivity index (χ1) is 11.5. The maximum atomic E-state index is 6.47. The highest BCUT2D eigenvalue weighted by atomic mass is 35.5. The van der Waals surface area contributed by atoms with Gasteiger partial charge in [0.05, 0.1) is 5.02 Å². The van der Waals surface area contributed by atoms with Crippen LogP contribution >= 0.6 is 46.4 Å². The Morgan fingerprint density at radius 2 is 1.25 bits per heavy atom. The minimum absolute atomic E-state index is 0.611. The fraction of sp³-hybridized carbons (Fsp3) is 0. The van der Waals surface area contributed by atoms with Crippen LogP contribution in [0.2, 0.25) is 20.1 Å². The van der Waals surface area contributed by atoms with E-state index in [1.54, 1.807) is 6.07 Å². The number of rotatable bonds is 1. The quantitative estimate of drug-likeness (QED) is 0.309. The van der Waals surface area contributed by atoms with Gasteiger partial charge in [-0.2, -0.15) is 0 Å². The summed E-state index contributed by atoms with van der Waals surface area (Å²) in [7, 11) is 0. The normalized spacial score (nSPS) is 13.9. The Hall–Kier alpha value is -1.44. The van der Waals surface area contributed by atoms with Crippen LogP contribution in [-0.4, -0.2) is 0 Å². The molecular formula is C20H10Cl4. The second kappa shape index (κ2) is 6.13. The SMILES string of the molecule is Clc1ccc(/C=C2\c3cc(Cl)ccc3-c3c(Cl)cc(Cl)cc32)cc1. The fourth-order valence-electron chi connectivity index (χ4n) is 3.04. The van der Waals surface area contributed by atoms with Gasteiger partial charge >= 0.3 is 0 Å². The molecule has 118 valence electrons. The smallest absolute Gasteiger partial charge is 0.0505 e. The number of hydrogen-bond acceptors (Lipinski definition) is 0. The van der Waals surface area contributed by atoms with E-state index in [1.165, 1.54) is 0 Å². The molecule has 4 heteroatoms. The average molecular weight is 392 g/mol. The lowest BCUT2D eigenvalue weighted by atomic mass is 10.0. The lowest BCUT2D eigenvalue weighted by Crippen LogP contribution is -1.83. The van der Waals surface area contributed by atoms with Crippen molar-refractivity contribution in [2.24, 2.45) is 0 Å². The molecule has 3 aromatic rings. The Balaban J connectivity index is 2.01. The monoisotopic (exact) mass is 390 g/mol. The maximum absolute atomic E-state index is 6.47. The molecule has 4 rings (SSSR count). The highest BCUT2D eigenvalue weighted by molar-refractivity contribution is 6.38. The second-order valence-electron chi connectivity index (χ2n) is 5.61. The zero-order valence-electron chi connectivity index (χ0n) is 12.3. The summed E-state index contributed by atoms with van der Waals surface area (Å²) in [6.45, 7) is 0. The topological polar surface area (TPSA) is 0 Å². The molecule has 1 aliphatic rings. The minimum atomic E-state index is 0.611. The van der Waals surface area contributed by atoms with Crippen molar-refractivity contribution in [3.05, 3.63) is 91.4 Å². The Morgan fingerprint density at radius 1 is 0.583 bits per heavy atom. The van der Waals surface area contributed by atoms with E-state index in [1.807, 2.05) is 48.5 Å². The summed E-state index contributed by atoms with van der Waals surface area (Å²) in [5.74, 6) is 0. The standard InChI is InChI=1S/C20H10Cl4/c21-12-3-1-11(2-4-12)7-16-17-8-13(22)5-6-15(17)20-18(16)9-14(23)10-19(20)24/h1-10H/b16-7+. The van der Waals surface area contributed by atoms with Crippen molar-refractivity contribution in [1.82, 2.24) is 0 Å². The van der Waals surface area contributed by atoms with Crippen LogP contribution in [0, 0.1) is 0 Å². The van der Waals surface area contributed by atoms with Gasteiger partial charge in [0.25, 0.3) is 0 Å². The van der Waals surface area contributed by atoms with Gasteiger partial charge in [-0.25, -0.2) is 0 Å². The highest BCUT2D eigenvalue weighted by Gasteiger charge is 2.26. The first kappa shape index (κ1) is 16.1. The zero-order chi connectivity index (χ0) is 16.8. The molecule has 1 aliphatic carbocycles. The maximum Gasteiger partial charge on any atom is 0.0505 e. The molecular weight excluding hydrogens is 382 g/mol. The molecule has 0 saturated carbocycles. The molecule has 0 fully saturated rings. The lowest BCUT2D eigenvalue weighted by Gasteiger charge is -2.05. The Kier molecular flexibility index (Phi) is 4.10. The van der Waals surface area contributed by atoms with Crippen LogP contribution < -0.4 is 0 Å². The summed E-state index contributed by atoms with van der Waals surface area (Å²) in [6.07, 6.45) is 2.10. The first-order valence-corrected chi connectivity index (χ1v) is 8.81. The van der Waals surface area contributed by atoms with Crippen molar-refractivity contribution in [2.45, 2.75) is 0 Å². The molecule has 0 amide bonds. The van der Waals surface area contributed by atoms with E-state index in [0.29, 0.717) is 20.1 Å². The van der Waals surface area contributed by atoms with Crippen LogP contribution in [-0.2, 0) is 0 Å². The van der Waals surface area contributed by atoms with Crippen LogP contribution in [0.25, 0.3) is 22.8 Å². The van der Waals surface area contributed by atoms with Gasteiger partial charge < -0.3 is 0 Å². The molecule has 0 atom stereocenters. The molecule has 3 aromatic carbocycles. The van der Waals surface area contributed by atoms with Gasteiger partial charge in [0.2, 0.25) is 0 Å². The van der Waals surface area contributed by atoms with E-state index in [4.69, 9.17) is 46.4 Å². The fourth-order valence-corrected chi connectivity index (χ4v) is 3.94. The Bertz CT molecular complexity index is 985. The summed E-state index contributed by atoms with van der Waals surface area (Å²) in [6, 6.07) is 17.2. The molecule has 0 aromatic heterocycles. The summed E-state index contributed by atoms with van der Waals surface area (Å²) in [5, 5.41) is 2.64. The van der Waals surface area contributed by atoms with E-state index in [-0.39, 0.29) is 0 Å². The highest BCUT2D eigenvalue weighted by Crippen LogP contribution is 2.49. The predicted molar refractivity (Wildman–Crippen MR) is 105 cm³/mol. The molecule has 0 heterocycles. The molecule has 0 N–H and O–H groups in total. The number of fused-ring (bicyclic) bond motifs is 3. The van der Waals surface area contributed by atoms with Gasteiger partial charge in [-0.15, -0.1) is 0 Å². The van der Waals surface area contributed by atoms with Gasteiger partial charge in [-0.1, -0.05) is 64.6 Å². The van der Waals surface area contributed by atoms with Crippen molar-refractivity contribution in [3.8, 4) is 11.1 Å². The van der Waals surface area contributed by atoms with E-state index < -0.39 is 0 Å². The van der Waals surface area contributed by atoms with Crippen LogP contribution in [0.1, 0.15) is 16.7 Å². The average Bonchev–Trinajstić information content (AvgIpc) is 2.83. The number of benzene rings is 3. The van der Waals surface area contributed by atoms with Crippen molar-refractivity contribution in [3.63, 3.8) is 0 Å².